The number of aromatic nitrogens is 3. The van der Waals surface area contributed by atoms with Crippen molar-refractivity contribution in [1.29, 1.82) is 0 Å². The molecular weight excluding hydrogens is 643 g/mol. The Morgan fingerprint density at radius 2 is 1.77 bits per heavy atom. The molecule has 1 N–H and O–H groups in total. The quantitative estimate of drug-likeness (QED) is 0.0908. The minimum absolute atomic E-state index is 0.148. The van der Waals surface area contributed by atoms with Gasteiger partial charge in [-0.15, -0.1) is 5.10 Å². The van der Waals surface area contributed by atoms with Gasteiger partial charge in [-0.3, -0.25) is 0 Å². The number of ether oxygens (including phenoxy) is 3. The number of fused-ring (bicyclic) bond motifs is 1. The number of halogens is 3. The molecule has 44 heavy (non-hydrogen) atoms. The van der Waals surface area contributed by atoms with Crippen LogP contribution < -0.4 is 14.8 Å². The van der Waals surface area contributed by atoms with Gasteiger partial charge in [0.1, 0.15) is 12.6 Å². The van der Waals surface area contributed by atoms with Crippen molar-refractivity contribution in [1.82, 2.24) is 14.8 Å². The first-order chi connectivity index (χ1) is 21.3. The molecule has 3 aromatic carbocycles. The number of nitrogens with zero attached hydrogens (tertiary/aromatic N) is 3. The van der Waals surface area contributed by atoms with E-state index < -0.39 is 12.0 Å². The number of hydrogen-bond acceptors (Lipinski definition) is 8. The fourth-order valence-electron chi connectivity index (χ4n) is 4.70. The topological polar surface area (TPSA) is 87.5 Å². The molecule has 0 amide bonds. The first kappa shape index (κ1) is 32.0. The molecule has 0 bridgehead atoms. The van der Waals surface area contributed by atoms with Crippen molar-refractivity contribution < 1.29 is 19.0 Å². The molecule has 230 valence electrons. The molecule has 1 aromatic heterocycles. The lowest BCUT2D eigenvalue weighted by molar-refractivity contribution is -0.139. The Morgan fingerprint density at radius 1 is 1.02 bits per heavy atom. The molecule has 5 rings (SSSR count). The van der Waals surface area contributed by atoms with Gasteiger partial charge in [0.25, 0.3) is 0 Å². The summed E-state index contributed by atoms with van der Waals surface area (Å²) in [6, 6.07) is 17.8. The van der Waals surface area contributed by atoms with E-state index in [0.29, 0.717) is 66.9 Å². The van der Waals surface area contributed by atoms with Crippen molar-refractivity contribution in [2.24, 2.45) is 0 Å². The molecule has 8 nitrogen and oxygen atoms in total. The van der Waals surface area contributed by atoms with Gasteiger partial charge in [-0.2, -0.15) is 4.98 Å². The third kappa shape index (κ3) is 7.12. The van der Waals surface area contributed by atoms with Crippen LogP contribution >= 0.6 is 46.6 Å². The zero-order valence-electron chi connectivity index (χ0n) is 24.4. The number of unbranched alkanes of at least 4 members (excludes halogenated alkanes) is 1. The lowest BCUT2D eigenvalue weighted by Gasteiger charge is -2.28. The smallest absolute Gasteiger partial charge is 0.338 e. The molecular formula is C32H31Cl3N4O4S. The number of carbonyl (C=O) groups is 1. The second-order valence-corrected chi connectivity index (χ2v) is 12.2. The van der Waals surface area contributed by atoms with Gasteiger partial charge in [0, 0.05) is 32.1 Å². The van der Waals surface area contributed by atoms with Crippen molar-refractivity contribution in [2.75, 3.05) is 19.0 Å². The molecule has 1 aliphatic heterocycles. The maximum absolute atomic E-state index is 13.5. The van der Waals surface area contributed by atoms with E-state index in [1.165, 1.54) is 11.8 Å². The van der Waals surface area contributed by atoms with Crippen LogP contribution in [0.2, 0.25) is 15.1 Å². The minimum Gasteiger partial charge on any atom is -0.493 e. The summed E-state index contributed by atoms with van der Waals surface area (Å²) < 4.78 is 19.2. The minimum atomic E-state index is -0.636. The maximum atomic E-state index is 13.5. The van der Waals surface area contributed by atoms with Crippen LogP contribution in [0, 0.1) is 0 Å². The molecule has 0 saturated carbocycles. The average Bonchev–Trinajstić information content (AvgIpc) is 3.42. The number of anilines is 1. The monoisotopic (exact) mass is 672 g/mol. The summed E-state index contributed by atoms with van der Waals surface area (Å²) in [6.45, 7) is 4.35. The van der Waals surface area contributed by atoms with Gasteiger partial charge in [0.15, 0.2) is 11.5 Å². The van der Waals surface area contributed by atoms with Crippen molar-refractivity contribution in [3.63, 3.8) is 0 Å². The van der Waals surface area contributed by atoms with Gasteiger partial charge in [-0.1, -0.05) is 90.2 Å². The van der Waals surface area contributed by atoms with Gasteiger partial charge in [0.05, 0.1) is 19.3 Å². The Morgan fingerprint density at radius 3 is 2.50 bits per heavy atom. The number of nitrogens with one attached hydrogen (secondary N) is 1. The molecule has 0 spiro atoms. The molecule has 0 fully saturated rings. The fraction of sp³-hybridized carbons (Fsp3) is 0.281. The zero-order valence-corrected chi connectivity index (χ0v) is 27.5. The van der Waals surface area contributed by atoms with Crippen LogP contribution in [-0.2, 0) is 21.9 Å². The second-order valence-electron chi connectivity index (χ2n) is 10.00. The maximum Gasteiger partial charge on any atom is 0.338 e. The fourth-order valence-corrected chi connectivity index (χ4v) is 6.32. The van der Waals surface area contributed by atoms with E-state index in [9.17, 15) is 4.79 Å². The summed E-state index contributed by atoms with van der Waals surface area (Å²) in [4.78, 5) is 18.2. The van der Waals surface area contributed by atoms with Gasteiger partial charge in [-0.05, 0) is 54.8 Å². The summed E-state index contributed by atoms with van der Waals surface area (Å²) in [5.74, 6) is 1.63. The van der Waals surface area contributed by atoms with Crippen molar-refractivity contribution in [2.45, 2.75) is 50.2 Å². The summed E-state index contributed by atoms with van der Waals surface area (Å²) in [5, 5.41) is 10.3. The molecule has 1 atom stereocenters. The number of benzene rings is 3. The number of methoxy groups -OCH3 is 1. The predicted molar refractivity (Wildman–Crippen MR) is 175 cm³/mol. The highest BCUT2D eigenvalue weighted by atomic mass is 35.5. The van der Waals surface area contributed by atoms with Crippen LogP contribution in [0.5, 0.6) is 11.5 Å². The molecule has 0 radical (unpaired) electrons. The average molecular weight is 674 g/mol. The normalized spacial score (nSPS) is 14.2. The van der Waals surface area contributed by atoms with E-state index in [2.05, 4.69) is 5.32 Å². The number of thioether (sulfide) groups is 1. The summed E-state index contributed by atoms with van der Waals surface area (Å²) in [7, 11) is 1.56. The van der Waals surface area contributed by atoms with E-state index in [4.69, 9.17) is 59.1 Å². The zero-order chi connectivity index (χ0) is 31.2. The first-order valence-electron chi connectivity index (χ1n) is 14.0. The highest BCUT2D eigenvalue weighted by Crippen LogP contribution is 2.40. The molecule has 12 heteroatoms. The highest BCUT2D eigenvalue weighted by Gasteiger charge is 2.36. The Kier molecular flexibility index (Phi) is 10.6. The SMILES string of the molecule is CCCCOC(=O)C1=C(C)Nc2nc(SCc3ccccc3Cl)nn2C1c1ccc(OCc2c(Cl)cccc2Cl)c(OC)c1. The lowest BCUT2D eigenvalue weighted by Crippen LogP contribution is -2.29. The predicted octanol–water partition coefficient (Wildman–Crippen LogP) is 8.75. The van der Waals surface area contributed by atoms with E-state index >= 15 is 0 Å². The van der Waals surface area contributed by atoms with Gasteiger partial charge in [-0.25, -0.2) is 9.48 Å². The van der Waals surface area contributed by atoms with Crippen LogP contribution in [0.15, 0.2) is 77.1 Å². The number of esters is 1. The van der Waals surface area contributed by atoms with E-state index in [0.717, 1.165) is 24.0 Å². The molecule has 1 aliphatic rings. The van der Waals surface area contributed by atoms with E-state index in [1.54, 1.807) is 36.1 Å². The van der Waals surface area contributed by atoms with Crippen LogP contribution in [-0.4, -0.2) is 34.5 Å². The third-order valence-corrected chi connectivity index (χ3v) is 9.00. The van der Waals surface area contributed by atoms with Gasteiger partial charge >= 0.3 is 5.97 Å². The Bertz CT molecular complexity index is 1670. The summed E-state index contributed by atoms with van der Waals surface area (Å²) >= 11 is 20.5. The largest absolute Gasteiger partial charge is 0.493 e. The lowest BCUT2D eigenvalue weighted by atomic mass is 9.95. The third-order valence-electron chi connectivity index (χ3n) is 7.04. The van der Waals surface area contributed by atoms with Gasteiger partial charge in [0.2, 0.25) is 11.1 Å². The second kappa shape index (κ2) is 14.6. The molecule has 2 heterocycles. The Balaban J connectivity index is 1.48. The number of carbonyl (C=O) groups excluding carboxylic acids is 1. The summed E-state index contributed by atoms with van der Waals surface area (Å²) in [6.07, 6.45) is 1.67. The molecule has 0 aliphatic carbocycles. The molecule has 0 saturated heterocycles. The van der Waals surface area contributed by atoms with E-state index in [-0.39, 0.29) is 6.61 Å². The van der Waals surface area contributed by atoms with Crippen molar-refractivity contribution in [3.8, 4) is 11.5 Å². The summed E-state index contributed by atoms with van der Waals surface area (Å²) in [5.41, 5.74) is 3.45. The highest BCUT2D eigenvalue weighted by molar-refractivity contribution is 7.98. The number of hydrogen-bond donors (Lipinski definition) is 1. The van der Waals surface area contributed by atoms with E-state index in [1.807, 2.05) is 50.2 Å². The Hall–Kier alpha value is -3.37. The molecule has 4 aromatic rings. The van der Waals surface area contributed by atoms with Crippen LogP contribution in [0.1, 0.15) is 49.4 Å². The van der Waals surface area contributed by atoms with Crippen molar-refractivity contribution in [3.05, 3.63) is 104 Å². The number of rotatable bonds is 12. The number of allylic oxidation sites excluding steroid dienone is 1. The van der Waals surface area contributed by atoms with Crippen molar-refractivity contribution >= 4 is 58.5 Å². The van der Waals surface area contributed by atoms with Crippen LogP contribution in [0.3, 0.4) is 0 Å². The van der Waals surface area contributed by atoms with Crippen LogP contribution in [0.25, 0.3) is 0 Å². The first-order valence-corrected chi connectivity index (χ1v) is 16.1. The Labute approximate surface area is 275 Å². The molecule has 1 unspecified atom stereocenters. The standard InChI is InChI=1S/C32H31Cl3N4O4S/c1-4-5-15-42-30(40)28-19(2)36-31-37-32(44-18-21-9-6-7-10-23(21)33)38-39(31)29(28)20-13-14-26(27(16-20)41-3)43-17-22-24(34)11-8-12-25(22)35/h6-14,16,29H,4-5,15,17-18H2,1-3H3,(H,36,37,38). The van der Waals surface area contributed by atoms with Crippen LogP contribution in [0.4, 0.5) is 5.95 Å². The van der Waals surface area contributed by atoms with Gasteiger partial charge < -0.3 is 19.5 Å².